The Morgan fingerprint density at radius 2 is 1.91 bits per heavy atom. The molecule has 22 heavy (non-hydrogen) atoms. The summed E-state index contributed by atoms with van der Waals surface area (Å²) in [6, 6.07) is 9.72. The van der Waals surface area contributed by atoms with Gasteiger partial charge in [-0.1, -0.05) is 28.9 Å². The summed E-state index contributed by atoms with van der Waals surface area (Å²) in [7, 11) is -4.12. The molecule has 1 aromatic heterocycles. The minimum Gasteiger partial charge on any atom is -0.258 e. The van der Waals surface area contributed by atoms with Gasteiger partial charge in [0.25, 0.3) is 15.7 Å². The molecule has 0 amide bonds. The van der Waals surface area contributed by atoms with Crippen LogP contribution >= 0.6 is 11.6 Å². The van der Waals surface area contributed by atoms with Gasteiger partial charge in [-0.2, -0.15) is 8.42 Å². The molecule has 0 fully saturated rings. The molecule has 0 aliphatic carbocycles. The second-order valence-corrected chi connectivity index (χ2v) is 6.47. The molecule has 0 aliphatic rings. The zero-order valence-corrected chi connectivity index (χ0v) is 12.3. The second-order valence-electron chi connectivity index (χ2n) is 4.30. The summed E-state index contributed by atoms with van der Waals surface area (Å²) in [6.07, 6.45) is 0. The molecule has 0 aliphatic heterocycles. The summed E-state index contributed by atoms with van der Waals surface area (Å²) in [5.74, 6) is 0. The largest absolute Gasteiger partial charge is 0.289 e. The van der Waals surface area contributed by atoms with Gasteiger partial charge in [-0.25, -0.2) is 0 Å². The maximum absolute atomic E-state index is 12.6. The van der Waals surface area contributed by atoms with E-state index in [1.807, 2.05) is 0 Å². The summed E-state index contributed by atoms with van der Waals surface area (Å²) in [5.41, 5.74) is 0.182. The molecule has 0 bridgehead atoms. The van der Waals surface area contributed by atoms with Crippen molar-refractivity contribution in [1.29, 1.82) is 0 Å². The summed E-state index contributed by atoms with van der Waals surface area (Å²) < 4.78 is 25.9. The number of aromatic nitrogens is 3. The van der Waals surface area contributed by atoms with E-state index in [0.717, 1.165) is 16.2 Å². The molecule has 112 valence electrons. The summed E-state index contributed by atoms with van der Waals surface area (Å²) in [5, 5.41) is 18.1. The first kappa shape index (κ1) is 14.4. The standard InChI is InChI=1S/C12H7ClN4O4S/c13-9-6-5-8(7-12(9)17(18)19)22(20,21)16-11-4-2-1-3-10(11)14-15-16/h1-7H. The lowest BCUT2D eigenvalue weighted by Gasteiger charge is -2.05. The fraction of sp³-hybridized carbons (Fsp3) is 0. The van der Waals surface area contributed by atoms with Crippen molar-refractivity contribution in [3.05, 3.63) is 57.6 Å². The minimum absolute atomic E-state index is 0.146. The second kappa shape index (κ2) is 5.04. The Bertz CT molecular complexity index is 999. The number of rotatable bonds is 3. The van der Waals surface area contributed by atoms with E-state index in [0.29, 0.717) is 5.52 Å². The van der Waals surface area contributed by atoms with Gasteiger partial charge >= 0.3 is 0 Å². The average molecular weight is 339 g/mol. The lowest BCUT2D eigenvalue weighted by atomic mass is 10.3. The van der Waals surface area contributed by atoms with Crippen molar-refractivity contribution in [2.24, 2.45) is 0 Å². The Labute approximate surface area is 129 Å². The molecule has 0 atom stereocenters. The topological polar surface area (TPSA) is 108 Å². The smallest absolute Gasteiger partial charge is 0.258 e. The summed E-state index contributed by atoms with van der Waals surface area (Å²) in [4.78, 5) is 9.85. The van der Waals surface area contributed by atoms with Crippen molar-refractivity contribution in [3.8, 4) is 0 Å². The van der Waals surface area contributed by atoms with E-state index in [1.165, 1.54) is 12.1 Å². The number of fused-ring (bicyclic) bond motifs is 1. The van der Waals surface area contributed by atoms with E-state index in [4.69, 9.17) is 11.6 Å². The highest BCUT2D eigenvalue weighted by Crippen LogP contribution is 2.28. The monoisotopic (exact) mass is 338 g/mol. The Morgan fingerprint density at radius 1 is 1.18 bits per heavy atom. The predicted octanol–water partition coefficient (Wildman–Crippen LogP) is 2.23. The third-order valence-corrected chi connectivity index (χ3v) is 4.86. The van der Waals surface area contributed by atoms with Crippen molar-refractivity contribution in [2.75, 3.05) is 0 Å². The maximum Gasteiger partial charge on any atom is 0.289 e. The van der Waals surface area contributed by atoms with E-state index < -0.39 is 20.6 Å². The van der Waals surface area contributed by atoms with Gasteiger partial charge < -0.3 is 0 Å². The molecule has 0 radical (unpaired) electrons. The minimum atomic E-state index is -4.12. The van der Waals surface area contributed by atoms with E-state index in [1.54, 1.807) is 18.2 Å². The number of nitro groups is 1. The number of para-hydroxylation sites is 1. The van der Waals surface area contributed by atoms with Crippen molar-refractivity contribution in [2.45, 2.75) is 4.90 Å². The fourth-order valence-corrected chi connectivity index (χ4v) is 3.35. The Balaban J connectivity index is 2.22. The van der Waals surface area contributed by atoms with Crippen LogP contribution in [0, 0.1) is 10.1 Å². The molecule has 0 unspecified atom stereocenters. The van der Waals surface area contributed by atoms with Crippen LogP contribution in [0.1, 0.15) is 0 Å². The fourth-order valence-electron chi connectivity index (χ4n) is 1.92. The third-order valence-electron chi connectivity index (χ3n) is 2.96. The van der Waals surface area contributed by atoms with Gasteiger partial charge in [0.15, 0.2) is 0 Å². The van der Waals surface area contributed by atoms with Crippen molar-refractivity contribution >= 4 is 38.3 Å². The van der Waals surface area contributed by atoms with Crippen LogP contribution in [0.2, 0.25) is 5.02 Å². The predicted molar refractivity (Wildman–Crippen MR) is 78.2 cm³/mol. The van der Waals surface area contributed by atoms with Gasteiger partial charge in [0, 0.05) is 6.07 Å². The van der Waals surface area contributed by atoms with E-state index in [-0.39, 0.29) is 15.4 Å². The molecule has 10 heteroatoms. The van der Waals surface area contributed by atoms with Crippen molar-refractivity contribution in [1.82, 2.24) is 14.4 Å². The highest BCUT2D eigenvalue weighted by Gasteiger charge is 2.24. The number of nitro benzene ring substituents is 1. The first-order chi connectivity index (χ1) is 10.4. The van der Waals surface area contributed by atoms with Gasteiger partial charge in [0.1, 0.15) is 16.1 Å². The van der Waals surface area contributed by atoms with Crippen LogP contribution in [0.25, 0.3) is 11.0 Å². The lowest BCUT2D eigenvalue weighted by molar-refractivity contribution is -0.384. The van der Waals surface area contributed by atoms with Crippen LogP contribution in [-0.2, 0) is 10.0 Å². The quantitative estimate of drug-likeness (QED) is 0.535. The zero-order chi connectivity index (χ0) is 15.9. The van der Waals surface area contributed by atoms with Gasteiger partial charge in [-0.3, -0.25) is 10.1 Å². The average Bonchev–Trinajstić information content (AvgIpc) is 2.91. The van der Waals surface area contributed by atoms with Crippen LogP contribution in [0.3, 0.4) is 0 Å². The van der Waals surface area contributed by atoms with Crippen LogP contribution in [0.15, 0.2) is 47.4 Å². The molecule has 3 aromatic rings. The zero-order valence-electron chi connectivity index (χ0n) is 10.7. The molecule has 0 saturated carbocycles. The van der Waals surface area contributed by atoms with Crippen LogP contribution < -0.4 is 0 Å². The van der Waals surface area contributed by atoms with Gasteiger partial charge in [-0.15, -0.1) is 9.19 Å². The molecule has 2 aromatic carbocycles. The molecule has 8 nitrogen and oxygen atoms in total. The first-order valence-electron chi connectivity index (χ1n) is 5.91. The Morgan fingerprint density at radius 3 is 2.64 bits per heavy atom. The number of halogens is 1. The Hall–Kier alpha value is -2.52. The molecular formula is C12H7ClN4O4S. The van der Waals surface area contributed by atoms with Crippen LogP contribution in [-0.4, -0.2) is 27.7 Å². The number of benzene rings is 2. The molecule has 0 saturated heterocycles. The number of hydrogen-bond donors (Lipinski definition) is 0. The first-order valence-corrected chi connectivity index (χ1v) is 7.73. The van der Waals surface area contributed by atoms with Crippen LogP contribution in [0.4, 0.5) is 5.69 Å². The van der Waals surface area contributed by atoms with E-state index >= 15 is 0 Å². The molecule has 1 heterocycles. The maximum atomic E-state index is 12.6. The normalized spacial score (nSPS) is 11.7. The molecular weight excluding hydrogens is 332 g/mol. The summed E-state index contributed by atoms with van der Waals surface area (Å²) >= 11 is 5.69. The molecule has 0 spiro atoms. The molecule has 3 rings (SSSR count). The van der Waals surface area contributed by atoms with Gasteiger partial charge in [-0.05, 0) is 24.3 Å². The third kappa shape index (κ3) is 2.20. The Kier molecular flexibility index (Phi) is 3.30. The summed E-state index contributed by atoms with van der Waals surface area (Å²) in [6.45, 7) is 0. The van der Waals surface area contributed by atoms with E-state index in [9.17, 15) is 18.5 Å². The van der Waals surface area contributed by atoms with Crippen LogP contribution in [0.5, 0.6) is 0 Å². The molecule has 0 N–H and O–H groups in total. The van der Waals surface area contributed by atoms with Crippen molar-refractivity contribution in [3.63, 3.8) is 0 Å². The SMILES string of the molecule is O=[N+]([O-])c1cc(S(=O)(=O)n2nnc3ccccc32)ccc1Cl. The van der Waals surface area contributed by atoms with Crippen molar-refractivity contribution < 1.29 is 13.3 Å². The van der Waals surface area contributed by atoms with Gasteiger partial charge in [0.05, 0.1) is 9.82 Å². The number of hydrogen-bond acceptors (Lipinski definition) is 6. The lowest BCUT2D eigenvalue weighted by Crippen LogP contribution is -2.15. The van der Waals surface area contributed by atoms with Gasteiger partial charge in [0.2, 0.25) is 0 Å². The van der Waals surface area contributed by atoms with E-state index in [2.05, 4.69) is 10.3 Å². The highest BCUT2D eigenvalue weighted by atomic mass is 35.5. The number of nitrogens with zero attached hydrogens (tertiary/aromatic N) is 4. The highest BCUT2D eigenvalue weighted by molar-refractivity contribution is 7.90.